The van der Waals surface area contributed by atoms with Gasteiger partial charge in [0, 0.05) is 6.42 Å². The molecule has 0 aliphatic heterocycles. The molecule has 1 amide bonds. The van der Waals surface area contributed by atoms with Crippen molar-refractivity contribution in [2.75, 3.05) is 40.9 Å². The summed E-state index contributed by atoms with van der Waals surface area (Å²) in [7, 11) is 1.58. The Morgan fingerprint density at radius 2 is 0.930 bits per heavy atom. The minimum Gasteiger partial charge on any atom is -0.387 e. The van der Waals surface area contributed by atoms with Gasteiger partial charge < -0.3 is 19.8 Å². The zero-order chi connectivity index (χ0) is 42.1. The Labute approximate surface area is 354 Å². The highest BCUT2D eigenvalue weighted by atomic mass is 31.2. The first kappa shape index (κ1) is 56.2. The summed E-state index contributed by atoms with van der Waals surface area (Å²) in [5.41, 5.74) is 0. The van der Waals surface area contributed by atoms with Gasteiger partial charge in [-0.2, -0.15) is 0 Å². The van der Waals surface area contributed by atoms with E-state index in [1.807, 2.05) is 27.2 Å². The number of hydrogen-bond acceptors (Lipinski definition) is 5. The molecular weight excluding hydrogens is 732 g/mol. The van der Waals surface area contributed by atoms with E-state index in [1.54, 1.807) is 6.08 Å². The number of likely N-dealkylation sites (N-methyl/N-ethyl adjacent to an activating group) is 1. The molecule has 0 fully saturated rings. The fraction of sp³-hybridized carbons (Fsp3) is 0.938. The van der Waals surface area contributed by atoms with Gasteiger partial charge in [-0.05, 0) is 19.3 Å². The van der Waals surface area contributed by atoms with Crippen LogP contribution in [-0.2, 0) is 18.4 Å². The Kier molecular flexibility index (Phi) is 40.1. The molecule has 57 heavy (non-hydrogen) atoms. The van der Waals surface area contributed by atoms with Crippen LogP contribution >= 0.6 is 7.82 Å². The number of hydrogen-bond donors (Lipinski definition) is 3. The monoisotopic (exact) mass is 830 g/mol. The molecule has 0 heterocycles. The molecule has 340 valence electrons. The number of phosphoric acid groups is 1. The number of rotatable bonds is 45. The minimum absolute atomic E-state index is 0.0648. The summed E-state index contributed by atoms with van der Waals surface area (Å²) in [5, 5.41) is 13.9. The standard InChI is InChI=1S/C48H97N2O6P/c1-6-8-10-12-14-16-18-20-22-23-24-25-26-28-30-32-34-36-38-40-42-48(52)49-46(45-56-57(53,54)55-44-43-50(3,4)5)47(51)41-39-37-35-33-31-29-27-21-19-17-15-13-11-9-7-2/h39,41,46-47,51H,6-38,40,42-45H2,1-5H3,(H-,49,52,53,54)/p+1/b41-39+/t46-,47+/m0/s1. The normalized spacial score (nSPS) is 14.3. The molecule has 0 rings (SSSR count). The van der Waals surface area contributed by atoms with Gasteiger partial charge in [0.15, 0.2) is 0 Å². The molecule has 0 saturated heterocycles. The van der Waals surface area contributed by atoms with Gasteiger partial charge in [0.25, 0.3) is 0 Å². The molecule has 3 N–H and O–H groups in total. The lowest BCUT2D eigenvalue weighted by atomic mass is 10.0. The van der Waals surface area contributed by atoms with E-state index < -0.39 is 20.0 Å². The van der Waals surface area contributed by atoms with E-state index in [1.165, 1.54) is 186 Å². The van der Waals surface area contributed by atoms with Crippen LogP contribution in [0, 0.1) is 0 Å². The van der Waals surface area contributed by atoms with Crippen molar-refractivity contribution in [3.8, 4) is 0 Å². The van der Waals surface area contributed by atoms with Gasteiger partial charge >= 0.3 is 7.82 Å². The maximum atomic E-state index is 12.9. The lowest BCUT2D eigenvalue weighted by Crippen LogP contribution is -2.45. The van der Waals surface area contributed by atoms with Crippen molar-refractivity contribution >= 4 is 13.7 Å². The summed E-state index contributed by atoms with van der Waals surface area (Å²) in [6, 6.07) is -0.840. The number of aliphatic hydroxyl groups is 1. The van der Waals surface area contributed by atoms with Crippen molar-refractivity contribution in [3.05, 3.63) is 12.2 Å². The topological polar surface area (TPSA) is 105 Å². The number of allylic oxidation sites excluding steroid dienone is 1. The minimum atomic E-state index is -4.33. The van der Waals surface area contributed by atoms with Crippen LogP contribution in [0.2, 0.25) is 0 Å². The predicted octanol–water partition coefficient (Wildman–Crippen LogP) is 13.9. The number of quaternary nitrogens is 1. The number of nitrogens with zero attached hydrogens (tertiary/aromatic N) is 1. The van der Waals surface area contributed by atoms with E-state index in [0.717, 1.165) is 32.1 Å². The summed E-state index contributed by atoms with van der Waals surface area (Å²) < 4.78 is 23.6. The molecule has 0 aromatic rings. The molecule has 0 aromatic heterocycles. The van der Waals surface area contributed by atoms with Gasteiger partial charge in [-0.3, -0.25) is 13.8 Å². The Morgan fingerprint density at radius 1 is 0.579 bits per heavy atom. The van der Waals surface area contributed by atoms with E-state index in [4.69, 9.17) is 9.05 Å². The largest absolute Gasteiger partial charge is 0.472 e. The number of phosphoric ester groups is 1. The van der Waals surface area contributed by atoms with E-state index in [-0.39, 0.29) is 19.1 Å². The molecule has 1 unspecified atom stereocenters. The molecule has 0 radical (unpaired) electrons. The number of carbonyl (C=O) groups excluding carboxylic acids is 1. The van der Waals surface area contributed by atoms with Crippen molar-refractivity contribution in [1.29, 1.82) is 0 Å². The maximum Gasteiger partial charge on any atom is 0.472 e. The number of nitrogens with one attached hydrogen (secondary N) is 1. The van der Waals surface area contributed by atoms with E-state index >= 15 is 0 Å². The number of carbonyl (C=O) groups is 1. The number of amides is 1. The van der Waals surface area contributed by atoms with Crippen molar-refractivity contribution in [3.63, 3.8) is 0 Å². The fourth-order valence-electron chi connectivity index (χ4n) is 7.34. The maximum absolute atomic E-state index is 12.9. The van der Waals surface area contributed by atoms with Gasteiger partial charge in [-0.1, -0.05) is 225 Å². The molecule has 0 aliphatic rings. The van der Waals surface area contributed by atoms with Crippen LogP contribution in [0.15, 0.2) is 12.2 Å². The quantitative estimate of drug-likeness (QED) is 0.0244. The van der Waals surface area contributed by atoms with Crippen molar-refractivity contribution in [1.82, 2.24) is 5.32 Å². The second kappa shape index (κ2) is 40.6. The Balaban J connectivity index is 4.29. The van der Waals surface area contributed by atoms with Crippen LogP contribution < -0.4 is 5.32 Å². The summed E-state index contributed by atoms with van der Waals surface area (Å²) in [5.74, 6) is -0.173. The predicted molar refractivity (Wildman–Crippen MR) is 245 cm³/mol. The molecule has 0 saturated carbocycles. The van der Waals surface area contributed by atoms with Crippen LogP contribution in [0.1, 0.15) is 239 Å². The lowest BCUT2D eigenvalue weighted by molar-refractivity contribution is -0.870. The first-order valence-corrected chi connectivity index (χ1v) is 26.1. The fourth-order valence-corrected chi connectivity index (χ4v) is 8.07. The zero-order valence-electron chi connectivity index (χ0n) is 38.6. The molecule has 0 aromatic carbocycles. The molecular formula is C48H98N2O6P+. The summed E-state index contributed by atoms with van der Waals surface area (Å²) in [6.45, 7) is 4.84. The zero-order valence-corrected chi connectivity index (χ0v) is 39.5. The summed E-state index contributed by atoms with van der Waals surface area (Å²) >= 11 is 0. The Hall–Kier alpha value is -0.760. The van der Waals surface area contributed by atoms with Crippen LogP contribution in [0.4, 0.5) is 0 Å². The highest BCUT2D eigenvalue weighted by Crippen LogP contribution is 2.43. The Morgan fingerprint density at radius 3 is 1.30 bits per heavy atom. The van der Waals surface area contributed by atoms with E-state index in [0.29, 0.717) is 17.4 Å². The molecule has 0 spiro atoms. The van der Waals surface area contributed by atoms with Gasteiger partial charge in [0.2, 0.25) is 5.91 Å². The van der Waals surface area contributed by atoms with Gasteiger partial charge in [-0.15, -0.1) is 0 Å². The average Bonchev–Trinajstić information content (AvgIpc) is 3.16. The highest BCUT2D eigenvalue weighted by Gasteiger charge is 2.27. The Bertz CT molecular complexity index is 942. The van der Waals surface area contributed by atoms with Crippen LogP contribution in [0.5, 0.6) is 0 Å². The van der Waals surface area contributed by atoms with Gasteiger partial charge in [0.1, 0.15) is 13.2 Å². The highest BCUT2D eigenvalue weighted by molar-refractivity contribution is 7.47. The second-order valence-corrected chi connectivity index (χ2v) is 19.7. The lowest BCUT2D eigenvalue weighted by Gasteiger charge is -2.25. The third-order valence-corrected chi connectivity index (χ3v) is 12.2. The first-order valence-electron chi connectivity index (χ1n) is 24.6. The molecule has 0 bridgehead atoms. The SMILES string of the molecule is CCCCCCCCCCCCCCC/C=C/[C@@H](O)[C@H](COP(=O)(O)OCC[N+](C)(C)C)NC(=O)CCCCCCCCCCCCCCCCCCCCCC. The molecule has 9 heteroatoms. The summed E-state index contributed by atoms with van der Waals surface area (Å²) in [6.07, 6.45) is 47.1. The van der Waals surface area contributed by atoms with Crippen LogP contribution in [0.3, 0.4) is 0 Å². The van der Waals surface area contributed by atoms with Crippen molar-refractivity contribution < 1.29 is 32.9 Å². The van der Waals surface area contributed by atoms with Crippen molar-refractivity contribution in [2.45, 2.75) is 251 Å². The number of aliphatic hydroxyl groups excluding tert-OH is 1. The van der Waals surface area contributed by atoms with Gasteiger partial charge in [0.05, 0.1) is 39.9 Å². The second-order valence-electron chi connectivity index (χ2n) is 18.2. The van der Waals surface area contributed by atoms with E-state index in [9.17, 15) is 19.4 Å². The van der Waals surface area contributed by atoms with Crippen LogP contribution in [0.25, 0.3) is 0 Å². The first-order chi connectivity index (χ1) is 27.5. The van der Waals surface area contributed by atoms with E-state index in [2.05, 4.69) is 19.2 Å². The smallest absolute Gasteiger partial charge is 0.387 e. The van der Waals surface area contributed by atoms with Crippen LogP contribution in [-0.4, -0.2) is 73.4 Å². The molecule has 0 aliphatic carbocycles. The third kappa shape index (κ3) is 43.1. The third-order valence-electron chi connectivity index (χ3n) is 11.3. The number of unbranched alkanes of at least 4 members (excludes halogenated alkanes) is 32. The summed E-state index contributed by atoms with van der Waals surface area (Å²) in [4.78, 5) is 23.2. The molecule has 8 nitrogen and oxygen atoms in total. The van der Waals surface area contributed by atoms with Gasteiger partial charge in [-0.25, -0.2) is 4.57 Å². The van der Waals surface area contributed by atoms with Crippen molar-refractivity contribution in [2.24, 2.45) is 0 Å². The molecule has 3 atom stereocenters. The average molecular weight is 830 g/mol.